The molecule has 0 heterocycles. The van der Waals surface area contributed by atoms with Gasteiger partial charge in [-0.25, -0.2) is 0 Å². The molecule has 0 aromatic carbocycles. The molecule has 37 heavy (non-hydrogen) atoms. The molecule has 0 amide bonds. The van der Waals surface area contributed by atoms with Gasteiger partial charge < -0.3 is 89.2 Å². The molecule has 3 fully saturated rings. The summed E-state index contributed by atoms with van der Waals surface area (Å²) >= 11 is 30.2. The fourth-order valence-electron chi connectivity index (χ4n) is 5.79. The molecule has 3 saturated carbocycles. The molecule has 0 bridgehead atoms. The number of hydrogen-bond acceptors (Lipinski definition) is 6. The van der Waals surface area contributed by atoms with Crippen molar-refractivity contribution in [1.82, 2.24) is 14.7 Å². The maximum absolute atomic E-state index is 5.04. The van der Waals surface area contributed by atoms with Crippen molar-refractivity contribution in [3.05, 3.63) is 0 Å². The van der Waals surface area contributed by atoms with Crippen LogP contribution in [0.2, 0.25) is 0 Å². The zero-order chi connectivity index (χ0) is 26.9. The summed E-state index contributed by atoms with van der Waals surface area (Å²) in [6.07, 6.45) is 19.9. The molecule has 3 aliphatic carbocycles. The first-order valence-electron chi connectivity index (χ1n) is 14.2. The summed E-state index contributed by atoms with van der Waals surface area (Å²) in [6.45, 7) is 9.33. The van der Waals surface area contributed by atoms with Crippen molar-refractivity contribution in [2.45, 2.75) is 135 Å². The SMILES string of the molecule is CCN(C(=S)[S-])C1CCCCC1.CCN(C(=S)[S-])C1CCCCC1.CCN(C(=S)[S-])C1CCCCC1.[Zr+3]. The number of nitrogens with zero attached hydrogens (tertiary/aromatic N) is 3. The van der Waals surface area contributed by atoms with Crippen LogP contribution in [0.1, 0.15) is 117 Å². The summed E-state index contributed by atoms with van der Waals surface area (Å²) in [6, 6.07) is 1.94. The molecule has 0 N–H and O–H groups in total. The van der Waals surface area contributed by atoms with Gasteiger partial charge in [-0.3, -0.25) is 0 Å². The molecule has 0 aliphatic heterocycles. The molecule has 0 aromatic heterocycles. The Morgan fingerprint density at radius 2 is 0.676 bits per heavy atom. The van der Waals surface area contributed by atoms with E-state index in [1.54, 1.807) is 0 Å². The molecule has 0 saturated heterocycles. The number of hydrogen-bond donors (Lipinski definition) is 0. The van der Waals surface area contributed by atoms with Crippen LogP contribution in [-0.4, -0.2) is 65.4 Å². The molecule has 0 aromatic rings. The van der Waals surface area contributed by atoms with Crippen LogP contribution in [0, 0.1) is 0 Å². The van der Waals surface area contributed by atoms with Crippen LogP contribution in [0.4, 0.5) is 0 Å². The summed E-state index contributed by atoms with van der Waals surface area (Å²) in [4.78, 5) is 6.59. The summed E-state index contributed by atoms with van der Waals surface area (Å²) in [5.41, 5.74) is 0. The molecule has 0 spiro atoms. The number of rotatable bonds is 6. The van der Waals surface area contributed by atoms with Crippen molar-refractivity contribution >= 4 is 87.5 Å². The molecular weight excluding hydrogens is 650 g/mol. The Hall–Kier alpha value is 1.21. The van der Waals surface area contributed by atoms with Crippen LogP contribution in [-0.2, 0) is 64.1 Å². The molecule has 0 unspecified atom stereocenters. The Balaban J connectivity index is 0.000000518. The Morgan fingerprint density at radius 3 is 0.811 bits per heavy atom. The van der Waals surface area contributed by atoms with E-state index in [9.17, 15) is 0 Å². The first-order valence-corrected chi connectivity index (χ1v) is 16.6. The van der Waals surface area contributed by atoms with Gasteiger partial charge in [0.1, 0.15) is 0 Å². The third-order valence-corrected chi connectivity index (χ3v) is 9.18. The minimum Gasteiger partial charge on any atom is -0.411 e. The fraction of sp³-hybridized carbons (Fsp3) is 0.889. The average molecular weight is 698 g/mol. The van der Waals surface area contributed by atoms with Crippen molar-refractivity contribution in [3.8, 4) is 0 Å². The normalized spacial score (nSPS) is 18.6. The maximum atomic E-state index is 5.04. The van der Waals surface area contributed by atoms with Gasteiger partial charge in [0, 0.05) is 37.8 Å². The van der Waals surface area contributed by atoms with Crippen LogP contribution in [0.15, 0.2) is 0 Å². The van der Waals surface area contributed by atoms with Gasteiger partial charge >= 0.3 is 26.2 Å². The third-order valence-electron chi connectivity index (χ3n) is 7.77. The Bertz CT molecular complexity index is 550. The van der Waals surface area contributed by atoms with Gasteiger partial charge in [0.05, 0.1) is 0 Å². The summed E-state index contributed by atoms with van der Waals surface area (Å²) in [7, 11) is 0. The van der Waals surface area contributed by atoms with E-state index in [0.29, 0.717) is 31.1 Å². The molecule has 211 valence electrons. The third kappa shape index (κ3) is 15.1. The zero-order valence-corrected chi connectivity index (χ0v) is 30.6. The second kappa shape index (κ2) is 22.9. The quantitative estimate of drug-likeness (QED) is 0.206. The summed E-state index contributed by atoms with van der Waals surface area (Å²) < 4.78 is 1.97. The van der Waals surface area contributed by atoms with Gasteiger partial charge in [-0.15, -0.1) is 0 Å². The van der Waals surface area contributed by atoms with Gasteiger partial charge in [-0.1, -0.05) is 70.7 Å². The Labute approximate surface area is 280 Å². The van der Waals surface area contributed by atoms with Crippen LogP contribution < -0.4 is 0 Å². The average Bonchev–Trinajstić information content (AvgIpc) is 2.87. The van der Waals surface area contributed by atoms with Crippen LogP contribution in [0.25, 0.3) is 0 Å². The smallest absolute Gasteiger partial charge is 0.411 e. The van der Waals surface area contributed by atoms with E-state index in [4.69, 9.17) is 74.5 Å². The first kappa shape index (κ1) is 38.2. The van der Waals surface area contributed by atoms with E-state index >= 15 is 0 Å². The molecule has 3 nitrogen and oxygen atoms in total. The van der Waals surface area contributed by atoms with Crippen molar-refractivity contribution in [2.24, 2.45) is 0 Å². The van der Waals surface area contributed by atoms with E-state index in [-0.39, 0.29) is 26.2 Å². The summed E-state index contributed by atoms with van der Waals surface area (Å²) in [5.74, 6) is 0. The van der Waals surface area contributed by atoms with Crippen molar-refractivity contribution < 1.29 is 26.2 Å². The largest absolute Gasteiger partial charge is 3.00 e. The van der Waals surface area contributed by atoms with E-state index in [1.165, 1.54) is 96.3 Å². The molecule has 10 heteroatoms. The van der Waals surface area contributed by atoms with E-state index in [2.05, 4.69) is 35.5 Å². The van der Waals surface area contributed by atoms with Crippen molar-refractivity contribution in [1.29, 1.82) is 0 Å². The standard InChI is InChI=1S/3C9H17NS2.Zr/c3*1-2-10(9(11)12)8-6-4-3-5-7-8;/h3*8H,2-7H2,1H3,(H,11,12);/q;;;+3/p-3. The molecule has 0 atom stereocenters. The predicted molar refractivity (Wildman–Crippen MR) is 178 cm³/mol. The molecular formula is C27H48N3S6Zr. The predicted octanol–water partition coefficient (Wildman–Crippen LogP) is 7.42. The molecule has 1 radical (unpaired) electrons. The minimum absolute atomic E-state index is 0. The minimum atomic E-state index is 0. The van der Waals surface area contributed by atoms with Gasteiger partial charge in [-0.05, 0) is 59.3 Å². The Kier molecular flexibility index (Phi) is 23.6. The van der Waals surface area contributed by atoms with E-state index < -0.39 is 0 Å². The maximum Gasteiger partial charge on any atom is 3.00 e. The molecule has 3 rings (SSSR count). The topological polar surface area (TPSA) is 9.72 Å². The van der Waals surface area contributed by atoms with E-state index in [0.717, 1.165) is 19.6 Å². The van der Waals surface area contributed by atoms with Crippen molar-refractivity contribution in [3.63, 3.8) is 0 Å². The van der Waals surface area contributed by atoms with Crippen LogP contribution in [0.3, 0.4) is 0 Å². The van der Waals surface area contributed by atoms with Gasteiger partial charge in [-0.2, -0.15) is 0 Å². The summed E-state index contributed by atoms with van der Waals surface area (Å²) in [5, 5.41) is 0. The van der Waals surface area contributed by atoms with E-state index in [1.807, 2.05) is 0 Å². The Morgan fingerprint density at radius 1 is 0.486 bits per heavy atom. The van der Waals surface area contributed by atoms with Gasteiger partial charge in [0.2, 0.25) is 0 Å². The molecule has 3 aliphatic rings. The monoisotopic (exact) mass is 696 g/mol. The van der Waals surface area contributed by atoms with Gasteiger partial charge in [0.25, 0.3) is 0 Å². The van der Waals surface area contributed by atoms with Crippen molar-refractivity contribution in [2.75, 3.05) is 19.6 Å². The first-order chi connectivity index (χ1) is 17.3. The fourth-order valence-corrected chi connectivity index (χ4v) is 7.46. The zero-order valence-electron chi connectivity index (χ0n) is 23.3. The second-order valence-electron chi connectivity index (χ2n) is 10.0. The van der Waals surface area contributed by atoms with Crippen LogP contribution in [0.5, 0.6) is 0 Å². The van der Waals surface area contributed by atoms with Crippen LogP contribution >= 0.6 is 36.7 Å². The number of thiocarbonyl (C=S) groups is 3. The van der Waals surface area contributed by atoms with Gasteiger partial charge in [0.15, 0.2) is 0 Å². The second-order valence-corrected chi connectivity index (χ2v) is 13.1.